The van der Waals surface area contributed by atoms with Crippen molar-refractivity contribution in [3.8, 4) is 0 Å². The number of carbonyl (C=O) groups is 2. The fourth-order valence-corrected chi connectivity index (χ4v) is 3.01. The van der Waals surface area contributed by atoms with E-state index in [0.29, 0.717) is 13.1 Å². The highest BCUT2D eigenvalue weighted by Gasteiger charge is 2.30. The van der Waals surface area contributed by atoms with Gasteiger partial charge in [0, 0.05) is 19.6 Å². The average Bonchev–Trinajstić information content (AvgIpc) is 2.95. The van der Waals surface area contributed by atoms with Crippen LogP contribution in [0.3, 0.4) is 0 Å². The maximum atomic E-state index is 12.5. The lowest BCUT2D eigenvalue weighted by atomic mass is 10.1. The molecule has 2 aromatic carbocycles. The summed E-state index contributed by atoms with van der Waals surface area (Å²) >= 11 is 0. The molecule has 1 aliphatic rings. The Balaban J connectivity index is 1.53. The molecule has 1 aliphatic heterocycles. The van der Waals surface area contributed by atoms with E-state index in [0.717, 1.165) is 24.1 Å². The summed E-state index contributed by atoms with van der Waals surface area (Å²) in [6.45, 7) is 4.00. The first kappa shape index (κ1) is 17.2. The number of nitrogens with one attached hydrogen (secondary N) is 1. The van der Waals surface area contributed by atoms with E-state index in [1.54, 1.807) is 24.3 Å². The molecule has 3 rings (SSSR count). The quantitative estimate of drug-likeness (QED) is 0.849. The summed E-state index contributed by atoms with van der Waals surface area (Å²) in [5, 5.41) is 12.2. The summed E-state index contributed by atoms with van der Waals surface area (Å²) in [6, 6.07) is 14.8. The van der Waals surface area contributed by atoms with Gasteiger partial charge in [-0.15, -0.1) is 0 Å². The van der Waals surface area contributed by atoms with Crippen LogP contribution in [0.2, 0.25) is 0 Å². The van der Waals surface area contributed by atoms with Crippen LogP contribution in [-0.2, 0) is 17.9 Å². The zero-order valence-electron chi connectivity index (χ0n) is 14.2. The summed E-state index contributed by atoms with van der Waals surface area (Å²) in [5.41, 5.74) is 3.59. The van der Waals surface area contributed by atoms with E-state index in [4.69, 9.17) is 5.11 Å². The van der Waals surface area contributed by atoms with Crippen LogP contribution in [0.25, 0.3) is 0 Å². The third-order valence-corrected chi connectivity index (χ3v) is 4.54. The SMILES string of the molecule is Cc1ccc(CN2CCC(NCc3ccc(C(=O)O)cc3)C2=O)cc1. The number of nitrogens with zero attached hydrogens (tertiary/aromatic N) is 1. The van der Waals surface area contributed by atoms with Gasteiger partial charge in [-0.1, -0.05) is 42.0 Å². The summed E-state index contributed by atoms with van der Waals surface area (Å²) in [7, 11) is 0. The number of carboxylic acids is 1. The topological polar surface area (TPSA) is 69.6 Å². The molecular formula is C20H22N2O3. The average molecular weight is 338 g/mol. The molecule has 0 spiro atoms. The van der Waals surface area contributed by atoms with E-state index in [2.05, 4.69) is 29.6 Å². The molecule has 1 amide bonds. The van der Waals surface area contributed by atoms with E-state index in [1.165, 1.54) is 5.56 Å². The van der Waals surface area contributed by atoms with Gasteiger partial charge >= 0.3 is 5.97 Å². The maximum Gasteiger partial charge on any atom is 0.335 e. The lowest BCUT2D eigenvalue weighted by Gasteiger charge is -2.17. The number of hydrogen-bond acceptors (Lipinski definition) is 3. The van der Waals surface area contributed by atoms with Crippen molar-refractivity contribution in [1.82, 2.24) is 10.2 Å². The van der Waals surface area contributed by atoms with Gasteiger partial charge < -0.3 is 15.3 Å². The van der Waals surface area contributed by atoms with Crippen LogP contribution in [-0.4, -0.2) is 34.5 Å². The molecule has 0 saturated carbocycles. The standard InChI is InChI=1S/C20H22N2O3/c1-14-2-4-16(5-3-14)13-22-11-10-18(19(22)23)21-12-15-6-8-17(9-7-15)20(24)25/h2-9,18,21H,10-13H2,1H3,(H,24,25). The number of carbonyl (C=O) groups excluding carboxylic acids is 1. The number of aromatic carboxylic acids is 1. The number of aryl methyl sites for hydroxylation is 1. The molecule has 1 atom stereocenters. The molecular weight excluding hydrogens is 316 g/mol. The van der Waals surface area contributed by atoms with Crippen LogP contribution in [0.4, 0.5) is 0 Å². The van der Waals surface area contributed by atoms with Crippen molar-refractivity contribution in [3.63, 3.8) is 0 Å². The van der Waals surface area contributed by atoms with E-state index >= 15 is 0 Å². The van der Waals surface area contributed by atoms with Crippen molar-refractivity contribution in [2.75, 3.05) is 6.54 Å². The maximum absolute atomic E-state index is 12.5. The highest BCUT2D eigenvalue weighted by molar-refractivity contribution is 5.87. The van der Waals surface area contributed by atoms with Crippen molar-refractivity contribution in [1.29, 1.82) is 0 Å². The van der Waals surface area contributed by atoms with Crippen LogP contribution in [0, 0.1) is 6.92 Å². The number of benzene rings is 2. The van der Waals surface area contributed by atoms with Gasteiger partial charge in [0.25, 0.3) is 0 Å². The highest BCUT2D eigenvalue weighted by atomic mass is 16.4. The van der Waals surface area contributed by atoms with Crippen LogP contribution in [0.5, 0.6) is 0 Å². The minimum Gasteiger partial charge on any atom is -0.478 e. The lowest BCUT2D eigenvalue weighted by molar-refractivity contribution is -0.129. The molecule has 1 fully saturated rings. The van der Waals surface area contributed by atoms with Gasteiger partial charge in [-0.3, -0.25) is 4.79 Å². The molecule has 0 radical (unpaired) electrons. The number of carboxylic acid groups (broad SMARTS) is 1. The first-order valence-electron chi connectivity index (χ1n) is 8.43. The largest absolute Gasteiger partial charge is 0.478 e. The minimum atomic E-state index is -0.933. The van der Waals surface area contributed by atoms with Gasteiger partial charge in [0.15, 0.2) is 0 Å². The van der Waals surface area contributed by atoms with E-state index in [-0.39, 0.29) is 17.5 Å². The number of hydrogen-bond donors (Lipinski definition) is 2. The first-order valence-corrected chi connectivity index (χ1v) is 8.43. The van der Waals surface area contributed by atoms with Gasteiger partial charge in [0.05, 0.1) is 11.6 Å². The molecule has 130 valence electrons. The number of amides is 1. The number of likely N-dealkylation sites (tertiary alicyclic amines) is 1. The third kappa shape index (κ3) is 4.25. The Morgan fingerprint density at radius 1 is 1.12 bits per heavy atom. The summed E-state index contributed by atoms with van der Waals surface area (Å²) in [4.78, 5) is 25.3. The molecule has 1 unspecified atom stereocenters. The molecule has 0 aromatic heterocycles. The fraction of sp³-hybridized carbons (Fsp3) is 0.300. The Kier molecular flexibility index (Phi) is 5.14. The Hall–Kier alpha value is -2.66. The molecule has 5 nitrogen and oxygen atoms in total. The predicted octanol–water partition coefficient (Wildman–Crippen LogP) is 2.58. The Morgan fingerprint density at radius 2 is 1.76 bits per heavy atom. The van der Waals surface area contributed by atoms with Gasteiger partial charge in [-0.2, -0.15) is 0 Å². The van der Waals surface area contributed by atoms with Crippen LogP contribution in [0.1, 0.15) is 33.5 Å². The Morgan fingerprint density at radius 3 is 2.40 bits per heavy atom. The van der Waals surface area contributed by atoms with Crippen molar-refractivity contribution in [2.45, 2.75) is 32.5 Å². The molecule has 5 heteroatoms. The van der Waals surface area contributed by atoms with Crippen LogP contribution < -0.4 is 5.32 Å². The molecule has 0 aliphatic carbocycles. The second kappa shape index (κ2) is 7.49. The monoisotopic (exact) mass is 338 g/mol. The first-order chi connectivity index (χ1) is 12.0. The van der Waals surface area contributed by atoms with Crippen LogP contribution in [0.15, 0.2) is 48.5 Å². The lowest BCUT2D eigenvalue weighted by Crippen LogP contribution is -2.37. The molecule has 2 N–H and O–H groups in total. The summed E-state index contributed by atoms with van der Waals surface area (Å²) in [5.74, 6) is -0.806. The molecule has 25 heavy (non-hydrogen) atoms. The minimum absolute atomic E-state index is 0.128. The number of rotatable bonds is 6. The molecule has 2 aromatic rings. The van der Waals surface area contributed by atoms with Crippen molar-refractivity contribution >= 4 is 11.9 Å². The predicted molar refractivity (Wildman–Crippen MR) is 95.2 cm³/mol. The van der Waals surface area contributed by atoms with Crippen molar-refractivity contribution in [3.05, 3.63) is 70.8 Å². The van der Waals surface area contributed by atoms with Crippen molar-refractivity contribution in [2.24, 2.45) is 0 Å². The van der Waals surface area contributed by atoms with Crippen LogP contribution >= 0.6 is 0 Å². The summed E-state index contributed by atoms with van der Waals surface area (Å²) in [6.07, 6.45) is 0.790. The van der Waals surface area contributed by atoms with Gasteiger partial charge in [0.2, 0.25) is 5.91 Å². The molecule has 0 bridgehead atoms. The third-order valence-electron chi connectivity index (χ3n) is 4.54. The fourth-order valence-electron chi connectivity index (χ4n) is 3.01. The van der Waals surface area contributed by atoms with E-state index in [9.17, 15) is 9.59 Å². The molecule has 1 heterocycles. The Labute approximate surface area is 147 Å². The second-order valence-corrected chi connectivity index (χ2v) is 6.47. The van der Waals surface area contributed by atoms with E-state index in [1.807, 2.05) is 11.8 Å². The zero-order valence-corrected chi connectivity index (χ0v) is 14.2. The van der Waals surface area contributed by atoms with E-state index < -0.39 is 5.97 Å². The summed E-state index contributed by atoms with van der Waals surface area (Å²) < 4.78 is 0. The zero-order chi connectivity index (χ0) is 17.8. The normalized spacial score (nSPS) is 17.1. The Bertz CT molecular complexity index is 754. The molecule has 1 saturated heterocycles. The van der Waals surface area contributed by atoms with Gasteiger partial charge in [-0.05, 0) is 36.6 Å². The smallest absolute Gasteiger partial charge is 0.335 e. The second-order valence-electron chi connectivity index (χ2n) is 6.47. The van der Waals surface area contributed by atoms with Gasteiger partial charge in [0.1, 0.15) is 0 Å². The highest BCUT2D eigenvalue weighted by Crippen LogP contribution is 2.16. The van der Waals surface area contributed by atoms with Crippen molar-refractivity contribution < 1.29 is 14.7 Å². The van der Waals surface area contributed by atoms with Gasteiger partial charge in [-0.25, -0.2) is 4.79 Å².